The summed E-state index contributed by atoms with van der Waals surface area (Å²) in [4.78, 5) is 0. The van der Waals surface area contributed by atoms with E-state index in [-0.39, 0.29) is 19.5 Å². The van der Waals surface area contributed by atoms with Crippen LogP contribution < -0.4 is 14.2 Å². The maximum atomic E-state index is 9.46. The second-order valence-electron chi connectivity index (χ2n) is 4.64. The van der Waals surface area contributed by atoms with E-state index >= 15 is 0 Å². The number of benzene rings is 2. The van der Waals surface area contributed by atoms with Gasteiger partial charge in [0.15, 0.2) is 11.5 Å². The molecule has 104 valence electrons. The lowest BCUT2D eigenvalue weighted by Crippen LogP contribution is -2.05. The zero-order chi connectivity index (χ0) is 13.9. The number of fused-ring (bicyclic) bond motifs is 1. The summed E-state index contributed by atoms with van der Waals surface area (Å²) in [7, 11) is 0. The molecule has 1 N–H and O–H groups in total. The zero-order valence-corrected chi connectivity index (χ0v) is 11.2. The molecule has 0 fully saturated rings. The van der Waals surface area contributed by atoms with Crippen LogP contribution in [0.5, 0.6) is 17.2 Å². The first-order chi connectivity index (χ1) is 9.78. The number of rotatable bonds is 4. The van der Waals surface area contributed by atoms with Crippen LogP contribution in [0, 0.1) is 0 Å². The third kappa shape index (κ3) is 2.42. The lowest BCUT2D eigenvalue weighted by atomic mass is 10.1. The van der Waals surface area contributed by atoms with E-state index < -0.39 is 0 Å². The smallest absolute Gasteiger partial charge is 0.231 e. The minimum atomic E-state index is -0.109. The molecule has 1 heterocycles. The number of hydrogen-bond donors (Lipinski definition) is 1. The van der Waals surface area contributed by atoms with Crippen LogP contribution in [0.1, 0.15) is 24.2 Å². The summed E-state index contributed by atoms with van der Waals surface area (Å²) in [5.74, 6) is 1.92. The third-order valence-corrected chi connectivity index (χ3v) is 3.30. The maximum absolute atomic E-state index is 9.46. The highest BCUT2D eigenvalue weighted by atomic mass is 16.7. The Balaban J connectivity index is 1.87. The van der Waals surface area contributed by atoms with E-state index in [1.54, 1.807) is 12.1 Å². The summed E-state index contributed by atoms with van der Waals surface area (Å²) in [5, 5.41) is 9.46. The van der Waals surface area contributed by atoms with Crippen molar-refractivity contribution in [2.45, 2.75) is 19.6 Å². The summed E-state index contributed by atoms with van der Waals surface area (Å²) in [6.07, 6.45) is -0.109. The van der Waals surface area contributed by atoms with Gasteiger partial charge in [0.1, 0.15) is 11.9 Å². The summed E-state index contributed by atoms with van der Waals surface area (Å²) < 4.78 is 16.6. The molecule has 0 aliphatic carbocycles. The van der Waals surface area contributed by atoms with E-state index in [0.29, 0.717) is 22.8 Å². The molecule has 1 aliphatic heterocycles. The van der Waals surface area contributed by atoms with Crippen LogP contribution in [0.3, 0.4) is 0 Å². The van der Waals surface area contributed by atoms with Crippen LogP contribution in [-0.2, 0) is 6.61 Å². The minimum Gasteiger partial charge on any atom is -0.486 e. The molecule has 0 amide bonds. The van der Waals surface area contributed by atoms with Crippen molar-refractivity contribution in [2.24, 2.45) is 0 Å². The summed E-state index contributed by atoms with van der Waals surface area (Å²) >= 11 is 0. The fraction of sp³-hybridized carbons (Fsp3) is 0.250. The molecule has 3 rings (SSSR count). The number of ether oxygens (including phenoxy) is 3. The van der Waals surface area contributed by atoms with Crippen molar-refractivity contribution in [2.75, 3.05) is 6.79 Å². The predicted molar refractivity (Wildman–Crippen MR) is 74.0 cm³/mol. The minimum absolute atomic E-state index is 0.104. The predicted octanol–water partition coefficient (Wildman–Crippen LogP) is 3.05. The summed E-state index contributed by atoms with van der Waals surface area (Å²) in [6, 6.07) is 13.5. The number of aliphatic hydroxyl groups is 1. The van der Waals surface area contributed by atoms with Gasteiger partial charge in [-0.15, -0.1) is 0 Å². The van der Waals surface area contributed by atoms with Gasteiger partial charge in [0, 0.05) is 11.6 Å². The molecule has 4 nitrogen and oxygen atoms in total. The summed E-state index contributed by atoms with van der Waals surface area (Å²) in [5.41, 5.74) is 1.77. The molecule has 0 aromatic heterocycles. The lowest BCUT2D eigenvalue weighted by molar-refractivity contribution is 0.173. The molecule has 1 aliphatic rings. The Morgan fingerprint density at radius 3 is 2.55 bits per heavy atom. The summed E-state index contributed by atoms with van der Waals surface area (Å²) in [6.45, 7) is 2.08. The van der Waals surface area contributed by atoms with Crippen molar-refractivity contribution in [3.8, 4) is 17.2 Å². The maximum Gasteiger partial charge on any atom is 0.231 e. The highest BCUT2D eigenvalue weighted by Crippen LogP contribution is 2.39. The van der Waals surface area contributed by atoms with Crippen LogP contribution in [0.4, 0.5) is 0 Å². The van der Waals surface area contributed by atoms with Crippen molar-refractivity contribution in [1.82, 2.24) is 0 Å². The Labute approximate surface area is 117 Å². The van der Waals surface area contributed by atoms with Gasteiger partial charge in [-0.1, -0.05) is 30.3 Å². The first kappa shape index (κ1) is 12.8. The Morgan fingerprint density at radius 1 is 1.15 bits per heavy atom. The lowest BCUT2D eigenvalue weighted by Gasteiger charge is -2.17. The zero-order valence-electron chi connectivity index (χ0n) is 11.2. The molecule has 4 heteroatoms. The monoisotopic (exact) mass is 272 g/mol. The van der Waals surface area contributed by atoms with Crippen LogP contribution >= 0.6 is 0 Å². The molecule has 2 aromatic rings. The molecule has 0 saturated carbocycles. The van der Waals surface area contributed by atoms with Crippen LogP contribution in [-0.4, -0.2) is 11.9 Å². The number of hydrogen-bond acceptors (Lipinski definition) is 4. The molecule has 0 spiro atoms. The average molecular weight is 272 g/mol. The molecule has 0 radical (unpaired) electrons. The van der Waals surface area contributed by atoms with E-state index in [9.17, 15) is 5.11 Å². The van der Waals surface area contributed by atoms with Crippen molar-refractivity contribution < 1.29 is 19.3 Å². The van der Waals surface area contributed by atoms with Gasteiger partial charge in [-0.2, -0.15) is 0 Å². The highest BCUT2D eigenvalue weighted by molar-refractivity contribution is 5.51. The average Bonchev–Trinajstić information content (AvgIpc) is 2.94. The van der Waals surface area contributed by atoms with Crippen molar-refractivity contribution in [3.05, 3.63) is 53.6 Å². The SMILES string of the molecule is CC(Oc1cc2c(cc1CO)OCO2)c1ccccc1. The fourth-order valence-electron chi connectivity index (χ4n) is 2.18. The van der Waals surface area contributed by atoms with Crippen LogP contribution in [0.15, 0.2) is 42.5 Å². The van der Waals surface area contributed by atoms with E-state index in [4.69, 9.17) is 14.2 Å². The van der Waals surface area contributed by atoms with Gasteiger partial charge in [-0.25, -0.2) is 0 Å². The molecule has 0 saturated heterocycles. The second-order valence-corrected chi connectivity index (χ2v) is 4.64. The molecular formula is C16H16O4. The fourth-order valence-corrected chi connectivity index (χ4v) is 2.18. The van der Waals surface area contributed by atoms with Crippen LogP contribution in [0.25, 0.3) is 0 Å². The van der Waals surface area contributed by atoms with Crippen LogP contribution in [0.2, 0.25) is 0 Å². The Hall–Kier alpha value is -2.20. The van der Waals surface area contributed by atoms with Gasteiger partial charge in [0.2, 0.25) is 6.79 Å². The molecule has 20 heavy (non-hydrogen) atoms. The van der Waals surface area contributed by atoms with E-state index in [1.807, 2.05) is 37.3 Å². The van der Waals surface area contributed by atoms with Crippen molar-refractivity contribution in [1.29, 1.82) is 0 Å². The first-order valence-electron chi connectivity index (χ1n) is 6.53. The van der Waals surface area contributed by atoms with Gasteiger partial charge < -0.3 is 19.3 Å². The Morgan fingerprint density at radius 2 is 1.85 bits per heavy atom. The molecule has 1 atom stereocenters. The Bertz CT molecular complexity index is 595. The molecule has 2 aromatic carbocycles. The van der Waals surface area contributed by atoms with Gasteiger partial charge in [0.25, 0.3) is 0 Å². The van der Waals surface area contributed by atoms with Crippen molar-refractivity contribution >= 4 is 0 Å². The van der Waals surface area contributed by atoms with Crippen molar-refractivity contribution in [3.63, 3.8) is 0 Å². The van der Waals surface area contributed by atoms with Gasteiger partial charge in [-0.3, -0.25) is 0 Å². The Kier molecular flexibility index (Phi) is 3.48. The van der Waals surface area contributed by atoms with E-state index in [1.165, 1.54) is 0 Å². The van der Waals surface area contributed by atoms with Gasteiger partial charge in [0.05, 0.1) is 6.61 Å². The first-order valence-corrected chi connectivity index (χ1v) is 6.53. The topological polar surface area (TPSA) is 47.9 Å². The molecular weight excluding hydrogens is 256 g/mol. The third-order valence-electron chi connectivity index (χ3n) is 3.30. The molecule has 0 bridgehead atoms. The van der Waals surface area contributed by atoms with Gasteiger partial charge >= 0.3 is 0 Å². The quantitative estimate of drug-likeness (QED) is 0.929. The van der Waals surface area contributed by atoms with E-state index in [2.05, 4.69) is 0 Å². The van der Waals surface area contributed by atoms with Gasteiger partial charge in [-0.05, 0) is 18.6 Å². The van der Waals surface area contributed by atoms with E-state index in [0.717, 1.165) is 5.56 Å². The normalized spacial score (nSPS) is 14.1. The number of aliphatic hydroxyl groups excluding tert-OH is 1. The second kappa shape index (κ2) is 5.43. The largest absolute Gasteiger partial charge is 0.486 e. The standard InChI is InChI=1S/C16H16O4/c1-11(12-5-3-2-4-6-12)20-14-8-16-15(18-10-19-16)7-13(14)9-17/h2-8,11,17H,9-10H2,1H3. The highest BCUT2D eigenvalue weighted by Gasteiger charge is 2.19. The molecule has 1 unspecified atom stereocenters.